The Morgan fingerprint density at radius 1 is 1.25 bits per heavy atom. The predicted octanol–water partition coefficient (Wildman–Crippen LogP) is 2.91. The molecule has 0 radical (unpaired) electrons. The minimum Gasteiger partial charge on any atom is -0.506 e. The summed E-state index contributed by atoms with van der Waals surface area (Å²) >= 11 is 0. The summed E-state index contributed by atoms with van der Waals surface area (Å²) in [6.07, 6.45) is 2.91. The van der Waals surface area contributed by atoms with Gasteiger partial charge in [0.1, 0.15) is 11.4 Å². The van der Waals surface area contributed by atoms with Crippen LogP contribution in [0.15, 0.2) is 36.5 Å². The topological polar surface area (TPSA) is 71.9 Å². The number of fused-ring (bicyclic) bond motifs is 1. The number of hydrogen-bond donors (Lipinski definition) is 1. The lowest BCUT2D eigenvalue weighted by atomic mass is 10.0. The van der Waals surface area contributed by atoms with Crippen LogP contribution >= 0.6 is 0 Å². The largest absolute Gasteiger partial charge is 0.506 e. The number of ketones is 1. The maximum Gasteiger partial charge on any atom is 0.197 e. The van der Waals surface area contributed by atoms with Crippen LogP contribution in [0.3, 0.4) is 0 Å². The number of aromatic nitrogens is 1. The first kappa shape index (κ1) is 18.7. The van der Waals surface area contributed by atoms with E-state index in [1.165, 1.54) is 25.4 Å². The molecule has 4 rings (SSSR count). The summed E-state index contributed by atoms with van der Waals surface area (Å²) in [7, 11) is 1.50. The molecular weight excluding hydrogens is 363 g/mol. The summed E-state index contributed by atoms with van der Waals surface area (Å²) < 4.78 is 25.3. The molecule has 1 saturated heterocycles. The molecule has 1 N–H and O–H groups in total. The molecule has 7 heteroatoms. The number of benzene rings is 1. The lowest BCUT2D eigenvalue weighted by Gasteiger charge is -2.20. The smallest absolute Gasteiger partial charge is 0.197 e. The average molecular weight is 386 g/mol. The van der Waals surface area contributed by atoms with Crippen LogP contribution in [0.4, 0.5) is 4.39 Å². The van der Waals surface area contributed by atoms with Crippen LogP contribution in [0.5, 0.6) is 17.2 Å². The molecule has 1 aromatic heterocycles. The van der Waals surface area contributed by atoms with Crippen molar-refractivity contribution in [2.24, 2.45) is 11.8 Å². The number of hydrogen-bond acceptors (Lipinski definition) is 6. The highest BCUT2D eigenvalue weighted by molar-refractivity contribution is 5.95. The SMILES string of the molecule is COc1cccc(F)c1O[C@@H]1CC2CN(CC(=O)c3ccc(O)cn3)C[C@H]2C1. The number of carbonyl (C=O) groups excluding carboxylic acids is 1. The predicted molar refractivity (Wildman–Crippen MR) is 100 cm³/mol. The number of likely N-dealkylation sites (tertiary alicyclic amines) is 1. The van der Waals surface area contributed by atoms with E-state index >= 15 is 0 Å². The summed E-state index contributed by atoms with van der Waals surface area (Å²) in [4.78, 5) is 18.5. The molecule has 2 heterocycles. The van der Waals surface area contributed by atoms with E-state index in [-0.39, 0.29) is 23.4 Å². The third kappa shape index (κ3) is 3.80. The van der Waals surface area contributed by atoms with Gasteiger partial charge in [-0.2, -0.15) is 0 Å². The molecule has 2 aromatic rings. The van der Waals surface area contributed by atoms with Gasteiger partial charge in [-0.3, -0.25) is 9.69 Å². The summed E-state index contributed by atoms with van der Waals surface area (Å²) in [6, 6.07) is 7.68. The van der Waals surface area contributed by atoms with Gasteiger partial charge in [-0.1, -0.05) is 6.07 Å². The van der Waals surface area contributed by atoms with Crippen molar-refractivity contribution >= 4 is 5.78 Å². The van der Waals surface area contributed by atoms with Crippen molar-refractivity contribution in [3.05, 3.63) is 48.0 Å². The second kappa shape index (κ2) is 7.75. The minimum atomic E-state index is -0.412. The van der Waals surface area contributed by atoms with E-state index < -0.39 is 5.82 Å². The zero-order chi connectivity index (χ0) is 19.7. The molecule has 2 aliphatic rings. The molecule has 0 amide bonds. The number of carbonyl (C=O) groups is 1. The fraction of sp³-hybridized carbons (Fsp3) is 0.429. The molecular formula is C21H23FN2O4. The Balaban J connectivity index is 1.32. The van der Waals surface area contributed by atoms with E-state index in [0.717, 1.165) is 25.9 Å². The van der Waals surface area contributed by atoms with Gasteiger partial charge in [-0.25, -0.2) is 9.37 Å². The zero-order valence-corrected chi connectivity index (χ0v) is 15.7. The lowest BCUT2D eigenvalue weighted by molar-refractivity contribution is 0.0931. The van der Waals surface area contributed by atoms with E-state index in [2.05, 4.69) is 9.88 Å². The van der Waals surface area contributed by atoms with Crippen molar-refractivity contribution in [1.29, 1.82) is 0 Å². The maximum absolute atomic E-state index is 14.1. The number of para-hydroxylation sites is 1. The Morgan fingerprint density at radius 3 is 2.64 bits per heavy atom. The van der Waals surface area contributed by atoms with Crippen molar-refractivity contribution < 1.29 is 23.8 Å². The standard InChI is InChI=1S/C21H23FN2O4/c1-27-20-4-2-3-17(22)21(20)28-16-7-13-10-24(11-14(13)8-16)12-19(26)18-6-5-15(25)9-23-18/h2-6,9,13-14,16,25H,7-8,10-12H2,1H3/t13-,14?,16+/m1/s1. The molecule has 0 spiro atoms. The second-order valence-corrected chi connectivity index (χ2v) is 7.52. The Bertz CT molecular complexity index is 844. The number of methoxy groups -OCH3 is 1. The third-order valence-corrected chi connectivity index (χ3v) is 5.62. The highest BCUT2D eigenvalue weighted by Crippen LogP contribution is 2.41. The second-order valence-electron chi connectivity index (χ2n) is 7.52. The molecule has 28 heavy (non-hydrogen) atoms. The number of ether oxygens (including phenoxy) is 2. The van der Waals surface area contributed by atoms with E-state index in [1.54, 1.807) is 18.2 Å². The quantitative estimate of drug-likeness (QED) is 0.770. The van der Waals surface area contributed by atoms with Gasteiger partial charge in [0, 0.05) is 13.1 Å². The van der Waals surface area contributed by atoms with Crippen molar-refractivity contribution in [2.45, 2.75) is 18.9 Å². The Labute approximate surface area is 162 Å². The van der Waals surface area contributed by atoms with E-state index in [9.17, 15) is 14.3 Å². The molecule has 0 bridgehead atoms. The van der Waals surface area contributed by atoms with Gasteiger partial charge in [-0.05, 0) is 48.9 Å². The van der Waals surface area contributed by atoms with Crippen LogP contribution in [-0.4, -0.2) is 53.6 Å². The number of nitrogens with zero attached hydrogens (tertiary/aromatic N) is 2. The Hall–Kier alpha value is -2.67. The van der Waals surface area contributed by atoms with Gasteiger partial charge in [0.25, 0.3) is 0 Å². The first-order chi connectivity index (χ1) is 13.5. The van der Waals surface area contributed by atoms with Crippen molar-refractivity contribution in [3.63, 3.8) is 0 Å². The fourth-order valence-electron chi connectivity index (χ4n) is 4.33. The molecule has 6 nitrogen and oxygen atoms in total. The van der Waals surface area contributed by atoms with Crippen molar-refractivity contribution in [1.82, 2.24) is 9.88 Å². The molecule has 2 fully saturated rings. The van der Waals surface area contributed by atoms with Crippen LogP contribution in [-0.2, 0) is 0 Å². The van der Waals surface area contributed by atoms with Gasteiger partial charge in [0.2, 0.25) is 0 Å². The van der Waals surface area contributed by atoms with Crippen molar-refractivity contribution in [2.75, 3.05) is 26.7 Å². The van der Waals surface area contributed by atoms with Crippen molar-refractivity contribution in [3.8, 4) is 17.2 Å². The molecule has 1 unspecified atom stereocenters. The molecule has 1 aromatic carbocycles. The fourth-order valence-corrected chi connectivity index (χ4v) is 4.33. The highest BCUT2D eigenvalue weighted by atomic mass is 19.1. The number of Topliss-reactive ketones (excluding diaryl/α,β-unsaturated/α-hetero) is 1. The van der Waals surface area contributed by atoms with Gasteiger partial charge >= 0.3 is 0 Å². The summed E-state index contributed by atoms with van der Waals surface area (Å²) in [5.74, 6) is 1.04. The molecule has 1 aliphatic heterocycles. The first-order valence-electron chi connectivity index (χ1n) is 9.43. The van der Waals surface area contributed by atoms with E-state index in [4.69, 9.17) is 9.47 Å². The summed E-state index contributed by atoms with van der Waals surface area (Å²) in [6.45, 7) is 1.96. The molecule has 1 aliphatic carbocycles. The normalized spacial score (nSPS) is 24.1. The Kier molecular flexibility index (Phi) is 5.17. The van der Waals surface area contributed by atoms with Crippen LogP contribution < -0.4 is 9.47 Å². The average Bonchev–Trinajstić information content (AvgIpc) is 3.21. The Morgan fingerprint density at radius 2 is 2.00 bits per heavy atom. The van der Waals surface area contributed by atoms with Gasteiger partial charge in [0.05, 0.1) is 26.0 Å². The minimum absolute atomic E-state index is 0.0441. The van der Waals surface area contributed by atoms with Crippen LogP contribution in [0.2, 0.25) is 0 Å². The lowest BCUT2D eigenvalue weighted by Crippen LogP contribution is -2.30. The molecule has 1 saturated carbocycles. The van der Waals surface area contributed by atoms with E-state index in [0.29, 0.717) is 29.8 Å². The number of aromatic hydroxyl groups is 1. The monoisotopic (exact) mass is 386 g/mol. The van der Waals surface area contributed by atoms with Crippen LogP contribution in [0.25, 0.3) is 0 Å². The maximum atomic E-state index is 14.1. The van der Waals surface area contributed by atoms with Gasteiger partial charge < -0.3 is 14.6 Å². The number of pyridine rings is 1. The highest BCUT2D eigenvalue weighted by Gasteiger charge is 2.42. The van der Waals surface area contributed by atoms with Gasteiger partial charge in [-0.15, -0.1) is 0 Å². The van der Waals surface area contributed by atoms with Crippen LogP contribution in [0.1, 0.15) is 23.3 Å². The van der Waals surface area contributed by atoms with Gasteiger partial charge in [0.15, 0.2) is 23.1 Å². The molecule has 148 valence electrons. The number of rotatable bonds is 6. The molecule has 3 atom stereocenters. The van der Waals surface area contributed by atoms with Crippen LogP contribution in [0, 0.1) is 17.7 Å². The third-order valence-electron chi connectivity index (χ3n) is 5.62. The zero-order valence-electron chi connectivity index (χ0n) is 15.7. The summed E-state index contributed by atoms with van der Waals surface area (Å²) in [5, 5.41) is 9.28. The first-order valence-corrected chi connectivity index (χ1v) is 9.43. The summed E-state index contributed by atoms with van der Waals surface area (Å²) in [5.41, 5.74) is 0.364. The van der Waals surface area contributed by atoms with E-state index in [1.807, 2.05) is 0 Å². The number of halogens is 1.